The Labute approximate surface area is 151 Å². The summed E-state index contributed by atoms with van der Waals surface area (Å²) < 4.78 is 15.9. The van der Waals surface area contributed by atoms with Crippen LogP contribution in [-0.2, 0) is 14.3 Å². The lowest BCUT2D eigenvalue weighted by Gasteiger charge is -2.27. The van der Waals surface area contributed by atoms with Crippen molar-refractivity contribution in [2.45, 2.75) is 19.8 Å². The number of hydrogen-bond donors (Lipinski definition) is 1. The Kier molecular flexibility index (Phi) is 6.31. The summed E-state index contributed by atoms with van der Waals surface area (Å²) in [6.07, 6.45) is 0. The number of carbonyl (C=O) groups is 1. The zero-order chi connectivity index (χ0) is 18.4. The van der Waals surface area contributed by atoms with Crippen LogP contribution in [0.1, 0.15) is 25.3 Å². The minimum Gasteiger partial charge on any atom is -0.494 e. The number of halogens is 1. The molecule has 0 unspecified atom stereocenters. The number of benzene rings is 1. The van der Waals surface area contributed by atoms with Crippen molar-refractivity contribution in [2.75, 3.05) is 19.1 Å². The first kappa shape index (κ1) is 18.7. The molecule has 132 valence electrons. The highest BCUT2D eigenvalue weighted by Crippen LogP contribution is 2.40. The van der Waals surface area contributed by atoms with Gasteiger partial charge in [-0.1, -0.05) is 12.1 Å². The Morgan fingerprint density at radius 2 is 2.00 bits per heavy atom. The maximum Gasteiger partial charge on any atom is 0.338 e. The van der Waals surface area contributed by atoms with Gasteiger partial charge in [0, 0.05) is 0 Å². The lowest BCUT2D eigenvalue weighted by Crippen LogP contribution is -2.26. The fourth-order valence-corrected chi connectivity index (χ4v) is 2.80. The maximum absolute atomic E-state index is 12.5. The van der Waals surface area contributed by atoms with Crippen LogP contribution in [-0.4, -0.2) is 25.1 Å². The van der Waals surface area contributed by atoms with Gasteiger partial charge in [0.1, 0.15) is 23.2 Å². The first-order chi connectivity index (χ1) is 12.1. The third kappa shape index (κ3) is 3.89. The van der Waals surface area contributed by atoms with Crippen molar-refractivity contribution in [2.24, 2.45) is 5.73 Å². The molecule has 0 aromatic heterocycles. The lowest BCUT2D eigenvalue weighted by atomic mass is 9.83. The smallest absolute Gasteiger partial charge is 0.338 e. The number of carbonyl (C=O) groups excluding carboxylic acids is 1. The summed E-state index contributed by atoms with van der Waals surface area (Å²) in [7, 11) is 0. The predicted molar refractivity (Wildman–Crippen MR) is 92.6 cm³/mol. The van der Waals surface area contributed by atoms with Gasteiger partial charge in [0.2, 0.25) is 5.88 Å². The van der Waals surface area contributed by atoms with Crippen LogP contribution in [0.15, 0.2) is 47.1 Å². The molecule has 2 rings (SSSR count). The molecule has 0 aliphatic carbocycles. The Morgan fingerprint density at radius 1 is 1.32 bits per heavy atom. The Morgan fingerprint density at radius 3 is 2.52 bits per heavy atom. The first-order valence-corrected chi connectivity index (χ1v) is 8.37. The monoisotopic (exact) mass is 362 g/mol. The van der Waals surface area contributed by atoms with Crippen LogP contribution in [0.5, 0.6) is 5.75 Å². The first-order valence-electron chi connectivity index (χ1n) is 7.83. The SMILES string of the molecule is CCOC(=O)C1=C(CCl)OC(N)=C(C#N)[C@H]1c1ccc(OCC)cc1. The molecular formula is C18H19ClN2O4. The van der Waals surface area contributed by atoms with Gasteiger partial charge in [0.25, 0.3) is 0 Å². The van der Waals surface area contributed by atoms with Gasteiger partial charge in [-0.05, 0) is 31.5 Å². The van der Waals surface area contributed by atoms with E-state index in [0.29, 0.717) is 17.9 Å². The van der Waals surface area contributed by atoms with Crippen molar-refractivity contribution in [3.05, 3.63) is 52.6 Å². The molecule has 0 amide bonds. The molecule has 7 heteroatoms. The van der Waals surface area contributed by atoms with Crippen LogP contribution in [0, 0.1) is 11.3 Å². The summed E-state index contributed by atoms with van der Waals surface area (Å²) >= 11 is 5.92. The second-order valence-corrected chi connectivity index (χ2v) is 5.39. The molecule has 25 heavy (non-hydrogen) atoms. The summed E-state index contributed by atoms with van der Waals surface area (Å²) in [6.45, 7) is 4.31. The van der Waals surface area contributed by atoms with E-state index in [-0.39, 0.29) is 35.3 Å². The fraction of sp³-hybridized carbons (Fsp3) is 0.333. The fourth-order valence-electron chi connectivity index (χ4n) is 2.61. The summed E-state index contributed by atoms with van der Waals surface area (Å²) in [5.41, 5.74) is 6.88. The van der Waals surface area contributed by atoms with Crippen molar-refractivity contribution in [3.8, 4) is 11.8 Å². The Balaban J connectivity index is 2.56. The number of hydrogen-bond acceptors (Lipinski definition) is 6. The lowest BCUT2D eigenvalue weighted by molar-refractivity contribution is -0.139. The number of nitrogens with two attached hydrogens (primary N) is 1. The molecule has 0 radical (unpaired) electrons. The van der Waals surface area contributed by atoms with Gasteiger partial charge in [-0.3, -0.25) is 0 Å². The van der Waals surface area contributed by atoms with Crippen molar-refractivity contribution in [3.63, 3.8) is 0 Å². The second kappa shape index (κ2) is 8.45. The summed E-state index contributed by atoms with van der Waals surface area (Å²) in [5, 5.41) is 9.52. The quantitative estimate of drug-likeness (QED) is 0.617. The van der Waals surface area contributed by atoms with E-state index in [1.165, 1.54) is 0 Å². The number of ether oxygens (including phenoxy) is 3. The average molecular weight is 363 g/mol. The van der Waals surface area contributed by atoms with Gasteiger partial charge in [-0.15, -0.1) is 11.6 Å². The summed E-state index contributed by atoms with van der Waals surface area (Å²) in [4.78, 5) is 12.5. The molecule has 2 N–H and O–H groups in total. The maximum atomic E-state index is 12.5. The predicted octanol–water partition coefficient (Wildman–Crippen LogP) is 2.95. The third-order valence-electron chi connectivity index (χ3n) is 3.64. The van der Waals surface area contributed by atoms with E-state index in [4.69, 9.17) is 31.5 Å². The van der Waals surface area contributed by atoms with Gasteiger partial charge < -0.3 is 19.9 Å². The summed E-state index contributed by atoms with van der Waals surface area (Å²) in [5.74, 6) is -0.547. The van der Waals surface area contributed by atoms with E-state index in [2.05, 4.69) is 0 Å². The zero-order valence-electron chi connectivity index (χ0n) is 14.0. The van der Waals surface area contributed by atoms with Crippen molar-refractivity contribution in [1.29, 1.82) is 5.26 Å². The van der Waals surface area contributed by atoms with Crippen molar-refractivity contribution < 1.29 is 19.0 Å². The minimum atomic E-state index is -0.706. The number of rotatable bonds is 6. The van der Waals surface area contributed by atoms with Gasteiger partial charge >= 0.3 is 5.97 Å². The molecule has 1 aromatic rings. The number of nitriles is 1. The normalized spacial score (nSPS) is 17.0. The molecule has 1 aromatic carbocycles. The molecule has 1 heterocycles. The van der Waals surface area contributed by atoms with Crippen LogP contribution < -0.4 is 10.5 Å². The number of esters is 1. The molecule has 0 spiro atoms. The highest BCUT2D eigenvalue weighted by Gasteiger charge is 2.37. The third-order valence-corrected chi connectivity index (χ3v) is 3.88. The van der Waals surface area contributed by atoms with Crippen LogP contribution in [0.2, 0.25) is 0 Å². The molecule has 1 aliphatic heterocycles. The Hall–Kier alpha value is -2.65. The molecule has 0 bridgehead atoms. The van der Waals surface area contributed by atoms with Gasteiger partial charge in [-0.2, -0.15) is 5.26 Å². The highest BCUT2D eigenvalue weighted by atomic mass is 35.5. The Bertz CT molecular complexity index is 747. The molecular weight excluding hydrogens is 344 g/mol. The van der Waals surface area contributed by atoms with Crippen molar-refractivity contribution in [1.82, 2.24) is 0 Å². The van der Waals surface area contributed by atoms with E-state index >= 15 is 0 Å². The largest absolute Gasteiger partial charge is 0.494 e. The van der Waals surface area contributed by atoms with E-state index in [1.54, 1.807) is 31.2 Å². The van der Waals surface area contributed by atoms with E-state index in [0.717, 1.165) is 0 Å². The van der Waals surface area contributed by atoms with E-state index in [1.807, 2.05) is 13.0 Å². The van der Waals surface area contributed by atoms with Crippen LogP contribution >= 0.6 is 11.6 Å². The number of allylic oxidation sites excluding steroid dienone is 2. The zero-order valence-corrected chi connectivity index (χ0v) is 14.8. The molecule has 6 nitrogen and oxygen atoms in total. The van der Waals surface area contributed by atoms with Gasteiger partial charge in [0.05, 0.1) is 30.6 Å². The topological polar surface area (TPSA) is 94.6 Å². The van der Waals surface area contributed by atoms with Crippen molar-refractivity contribution >= 4 is 17.6 Å². The standard InChI is InChI=1S/C18H19ClN2O4/c1-3-23-12-7-5-11(6-8-12)15-13(10-20)17(21)25-14(9-19)16(15)18(22)24-4-2/h5-8,15H,3-4,9,21H2,1-2H3/t15-/m1/s1. The van der Waals surface area contributed by atoms with E-state index in [9.17, 15) is 10.1 Å². The average Bonchev–Trinajstić information content (AvgIpc) is 2.61. The highest BCUT2D eigenvalue weighted by molar-refractivity contribution is 6.19. The summed E-state index contributed by atoms with van der Waals surface area (Å²) in [6, 6.07) is 9.11. The second-order valence-electron chi connectivity index (χ2n) is 5.12. The molecule has 0 saturated heterocycles. The van der Waals surface area contributed by atoms with Crippen LogP contribution in [0.3, 0.4) is 0 Å². The van der Waals surface area contributed by atoms with Crippen LogP contribution in [0.25, 0.3) is 0 Å². The van der Waals surface area contributed by atoms with Crippen LogP contribution in [0.4, 0.5) is 0 Å². The van der Waals surface area contributed by atoms with Gasteiger partial charge in [-0.25, -0.2) is 4.79 Å². The molecule has 0 fully saturated rings. The van der Waals surface area contributed by atoms with E-state index < -0.39 is 11.9 Å². The molecule has 0 saturated carbocycles. The van der Waals surface area contributed by atoms with Gasteiger partial charge in [0.15, 0.2) is 0 Å². The molecule has 1 atom stereocenters. The number of alkyl halides is 1. The number of nitrogens with zero attached hydrogens (tertiary/aromatic N) is 1. The molecule has 1 aliphatic rings. The minimum absolute atomic E-state index is 0.0647.